The van der Waals surface area contributed by atoms with Crippen LogP contribution < -0.4 is 10.9 Å². The van der Waals surface area contributed by atoms with E-state index in [1.165, 1.54) is 0 Å². The summed E-state index contributed by atoms with van der Waals surface area (Å²) in [7, 11) is 0. The van der Waals surface area contributed by atoms with Crippen LogP contribution in [0.2, 0.25) is 5.02 Å². The fourth-order valence-corrected chi connectivity index (χ4v) is 3.71. The molecule has 3 aromatic carbocycles. The molecule has 8 heteroatoms. The smallest absolute Gasteiger partial charge is 0.340 e. The molecule has 162 valence electrons. The van der Waals surface area contributed by atoms with E-state index in [2.05, 4.69) is 5.32 Å². The second-order valence-electron chi connectivity index (χ2n) is 7.17. The van der Waals surface area contributed by atoms with Crippen LogP contribution in [-0.4, -0.2) is 5.91 Å². The largest absolute Gasteiger partial charge is 0.422 e. The molecule has 4 nitrogen and oxygen atoms in total. The summed E-state index contributed by atoms with van der Waals surface area (Å²) in [6, 6.07) is 12.9. The molecule has 0 radical (unpaired) electrons. The second kappa shape index (κ2) is 8.51. The number of hydrogen-bond acceptors (Lipinski definition) is 3. The summed E-state index contributed by atoms with van der Waals surface area (Å²) < 4.78 is 46.4. The molecule has 0 saturated carbocycles. The van der Waals surface area contributed by atoms with Gasteiger partial charge in [-0.2, -0.15) is 0 Å². The van der Waals surface area contributed by atoms with Crippen LogP contribution in [0.5, 0.6) is 0 Å². The number of fused-ring (bicyclic) bond motifs is 1. The molecule has 1 amide bonds. The molecule has 0 aliphatic heterocycles. The lowest BCUT2D eigenvalue weighted by Crippen LogP contribution is -2.21. The fraction of sp³-hybridized carbons (Fsp3) is 0.0833. The van der Waals surface area contributed by atoms with Gasteiger partial charge in [0.15, 0.2) is 11.6 Å². The minimum atomic E-state index is -1.27. The van der Waals surface area contributed by atoms with Crippen LogP contribution in [0.1, 0.15) is 11.1 Å². The highest BCUT2D eigenvalue weighted by Crippen LogP contribution is 2.34. The fourth-order valence-electron chi connectivity index (χ4n) is 3.54. The maximum Gasteiger partial charge on any atom is 0.340 e. The van der Waals surface area contributed by atoms with Gasteiger partial charge in [-0.3, -0.25) is 4.79 Å². The van der Waals surface area contributed by atoms with Crippen LogP contribution in [0, 0.1) is 24.4 Å². The molecule has 0 saturated heterocycles. The van der Waals surface area contributed by atoms with Crippen LogP contribution in [0.3, 0.4) is 0 Å². The Labute approximate surface area is 185 Å². The SMILES string of the molecule is Cc1ccccc1-c1c(CC(=O)Nc2c(F)cc(F)cc2F)c(=O)oc2ccc(Cl)cc12. The first-order valence-corrected chi connectivity index (χ1v) is 9.88. The third-order valence-electron chi connectivity index (χ3n) is 4.98. The Morgan fingerprint density at radius 2 is 1.72 bits per heavy atom. The Hall–Kier alpha value is -3.58. The van der Waals surface area contributed by atoms with Crippen molar-refractivity contribution in [1.82, 2.24) is 0 Å². The third kappa shape index (κ3) is 4.11. The van der Waals surface area contributed by atoms with Gasteiger partial charge < -0.3 is 9.73 Å². The average molecular weight is 458 g/mol. The minimum Gasteiger partial charge on any atom is -0.422 e. The molecule has 0 fully saturated rings. The standard InChI is InChI=1S/C24H15ClF3NO3/c1-12-4-2-3-5-15(12)22-16-8-13(25)6-7-20(16)32-24(31)17(22)11-21(30)29-23-18(27)9-14(26)10-19(23)28/h2-10H,11H2,1H3,(H,29,30). The highest BCUT2D eigenvalue weighted by atomic mass is 35.5. The topological polar surface area (TPSA) is 59.3 Å². The molecule has 4 aromatic rings. The summed E-state index contributed by atoms with van der Waals surface area (Å²) in [5.41, 5.74) is 0.639. The van der Waals surface area contributed by atoms with Gasteiger partial charge in [0.05, 0.1) is 12.0 Å². The Kier molecular flexibility index (Phi) is 5.76. The van der Waals surface area contributed by atoms with Gasteiger partial charge in [-0.15, -0.1) is 0 Å². The van der Waals surface area contributed by atoms with Crippen LogP contribution >= 0.6 is 11.6 Å². The van der Waals surface area contributed by atoms with E-state index >= 15 is 0 Å². The van der Waals surface area contributed by atoms with Gasteiger partial charge >= 0.3 is 5.63 Å². The lowest BCUT2D eigenvalue weighted by atomic mass is 9.92. The zero-order valence-electron chi connectivity index (χ0n) is 16.6. The number of halogens is 4. The van der Waals surface area contributed by atoms with Gasteiger partial charge in [-0.1, -0.05) is 35.9 Å². The molecule has 0 spiro atoms. The van der Waals surface area contributed by atoms with Crippen molar-refractivity contribution in [2.75, 3.05) is 5.32 Å². The van der Waals surface area contributed by atoms with Gasteiger partial charge in [0.1, 0.15) is 17.1 Å². The van der Waals surface area contributed by atoms with Crippen LogP contribution in [0.15, 0.2) is 63.8 Å². The Balaban J connectivity index is 1.85. The molecule has 1 heterocycles. The van der Waals surface area contributed by atoms with Crippen LogP contribution in [0.4, 0.5) is 18.9 Å². The van der Waals surface area contributed by atoms with Crippen molar-refractivity contribution in [3.63, 3.8) is 0 Å². The molecule has 0 atom stereocenters. The monoisotopic (exact) mass is 457 g/mol. The van der Waals surface area contributed by atoms with Crippen molar-refractivity contribution in [3.05, 3.63) is 98.6 Å². The van der Waals surface area contributed by atoms with Gasteiger partial charge in [-0.25, -0.2) is 18.0 Å². The molecule has 0 bridgehead atoms. The van der Waals surface area contributed by atoms with Crippen molar-refractivity contribution >= 4 is 34.2 Å². The van der Waals surface area contributed by atoms with E-state index < -0.39 is 41.1 Å². The number of carbonyl (C=O) groups excluding carboxylic acids is 1. The first kappa shape index (κ1) is 21.6. The highest BCUT2D eigenvalue weighted by Gasteiger charge is 2.22. The normalized spacial score (nSPS) is 11.0. The summed E-state index contributed by atoms with van der Waals surface area (Å²) in [5, 5.41) is 2.98. The van der Waals surface area contributed by atoms with E-state index in [1.807, 2.05) is 19.1 Å². The summed E-state index contributed by atoms with van der Waals surface area (Å²) in [4.78, 5) is 25.5. The van der Waals surface area contributed by atoms with E-state index in [-0.39, 0.29) is 11.1 Å². The number of rotatable bonds is 4. The predicted molar refractivity (Wildman–Crippen MR) is 116 cm³/mol. The van der Waals surface area contributed by atoms with Crippen molar-refractivity contribution in [2.24, 2.45) is 0 Å². The third-order valence-corrected chi connectivity index (χ3v) is 5.22. The van der Waals surface area contributed by atoms with Crippen molar-refractivity contribution in [2.45, 2.75) is 13.3 Å². The maximum atomic E-state index is 13.9. The lowest BCUT2D eigenvalue weighted by Gasteiger charge is -2.14. The Morgan fingerprint density at radius 3 is 2.41 bits per heavy atom. The number of nitrogens with one attached hydrogen (secondary N) is 1. The molecule has 1 N–H and O–H groups in total. The molecule has 1 aromatic heterocycles. The van der Waals surface area contributed by atoms with Gasteiger partial charge in [0.2, 0.25) is 5.91 Å². The Bertz CT molecular complexity index is 1410. The minimum absolute atomic E-state index is 0.00510. The number of anilines is 1. The van der Waals surface area contributed by atoms with E-state index in [0.29, 0.717) is 33.7 Å². The van der Waals surface area contributed by atoms with E-state index in [9.17, 15) is 22.8 Å². The van der Waals surface area contributed by atoms with Crippen molar-refractivity contribution < 1.29 is 22.4 Å². The lowest BCUT2D eigenvalue weighted by molar-refractivity contribution is -0.115. The summed E-state index contributed by atoms with van der Waals surface area (Å²) in [6.07, 6.45) is -0.537. The second-order valence-corrected chi connectivity index (χ2v) is 7.60. The van der Waals surface area contributed by atoms with Crippen molar-refractivity contribution in [3.8, 4) is 11.1 Å². The molecule has 0 unspecified atom stereocenters. The zero-order chi connectivity index (χ0) is 23.0. The number of hydrogen-bond donors (Lipinski definition) is 1. The summed E-state index contributed by atoms with van der Waals surface area (Å²) in [5.74, 6) is -4.54. The Morgan fingerprint density at radius 1 is 1.03 bits per heavy atom. The number of amides is 1. The quantitative estimate of drug-likeness (QED) is 0.381. The zero-order valence-corrected chi connectivity index (χ0v) is 17.4. The average Bonchev–Trinajstić information content (AvgIpc) is 2.72. The molecular weight excluding hydrogens is 443 g/mol. The summed E-state index contributed by atoms with van der Waals surface area (Å²) >= 11 is 6.16. The number of carbonyl (C=O) groups is 1. The van der Waals surface area contributed by atoms with E-state index in [1.54, 1.807) is 30.3 Å². The van der Waals surface area contributed by atoms with Gasteiger partial charge in [0, 0.05) is 28.1 Å². The van der Waals surface area contributed by atoms with Gasteiger partial charge in [-0.05, 0) is 36.2 Å². The molecule has 0 aliphatic rings. The van der Waals surface area contributed by atoms with E-state index in [0.717, 1.165) is 5.56 Å². The van der Waals surface area contributed by atoms with Gasteiger partial charge in [0.25, 0.3) is 0 Å². The van der Waals surface area contributed by atoms with Crippen LogP contribution in [0.25, 0.3) is 22.1 Å². The molecule has 4 rings (SSSR count). The van der Waals surface area contributed by atoms with E-state index in [4.69, 9.17) is 16.0 Å². The maximum absolute atomic E-state index is 13.9. The number of aryl methyl sites for hydroxylation is 1. The first-order chi connectivity index (χ1) is 15.2. The number of benzene rings is 3. The first-order valence-electron chi connectivity index (χ1n) is 9.50. The molecule has 0 aliphatic carbocycles. The van der Waals surface area contributed by atoms with Crippen LogP contribution in [-0.2, 0) is 11.2 Å². The highest BCUT2D eigenvalue weighted by molar-refractivity contribution is 6.31. The molecule has 32 heavy (non-hydrogen) atoms. The molecular formula is C24H15ClF3NO3. The summed E-state index contributed by atoms with van der Waals surface area (Å²) in [6.45, 7) is 1.84. The van der Waals surface area contributed by atoms with Crippen molar-refractivity contribution in [1.29, 1.82) is 0 Å². The predicted octanol–water partition coefficient (Wildman–Crippen LogP) is 6.02.